The molecule has 1 heterocycles. The van der Waals surface area contributed by atoms with Gasteiger partial charge in [0.2, 0.25) is 11.8 Å². The second kappa shape index (κ2) is 7.76. The van der Waals surface area contributed by atoms with E-state index in [0.717, 1.165) is 18.7 Å². The number of nitrogens with one attached hydrogen (secondary N) is 2. The van der Waals surface area contributed by atoms with Gasteiger partial charge in [0.15, 0.2) is 0 Å². The van der Waals surface area contributed by atoms with Crippen molar-refractivity contribution in [3.05, 3.63) is 29.8 Å². The van der Waals surface area contributed by atoms with Gasteiger partial charge in [-0.1, -0.05) is 13.8 Å². The van der Waals surface area contributed by atoms with Crippen LogP contribution in [0.1, 0.15) is 37.0 Å². The van der Waals surface area contributed by atoms with Crippen molar-refractivity contribution < 1.29 is 14.4 Å². The summed E-state index contributed by atoms with van der Waals surface area (Å²) in [5.74, 6) is -0.156. The summed E-state index contributed by atoms with van der Waals surface area (Å²) in [7, 11) is 0. The lowest BCUT2D eigenvalue weighted by Crippen LogP contribution is -2.36. The lowest BCUT2D eigenvalue weighted by atomic mass is 10.2. The zero-order valence-corrected chi connectivity index (χ0v) is 13.6. The summed E-state index contributed by atoms with van der Waals surface area (Å²) in [6.45, 7) is 5.16. The summed E-state index contributed by atoms with van der Waals surface area (Å²) in [6.07, 6.45) is 1.47. The average molecular weight is 317 g/mol. The van der Waals surface area contributed by atoms with Crippen LogP contribution in [0.2, 0.25) is 0 Å². The Bertz CT molecular complexity index is 581. The lowest BCUT2D eigenvalue weighted by Gasteiger charge is -2.15. The molecule has 6 nitrogen and oxygen atoms in total. The molecule has 23 heavy (non-hydrogen) atoms. The first kappa shape index (κ1) is 17.0. The molecule has 1 aliphatic heterocycles. The first-order valence-corrected chi connectivity index (χ1v) is 7.95. The largest absolute Gasteiger partial charge is 0.354 e. The number of carbonyl (C=O) groups excluding carboxylic acids is 3. The van der Waals surface area contributed by atoms with Crippen molar-refractivity contribution in [2.75, 3.05) is 24.5 Å². The van der Waals surface area contributed by atoms with Gasteiger partial charge in [-0.2, -0.15) is 0 Å². The third kappa shape index (κ3) is 4.55. The quantitative estimate of drug-likeness (QED) is 0.777. The van der Waals surface area contributed by atoms with E-state index >= 15 is 0 Å². The van der Waals surface area contributed by atoms with Gasteiger partial charge < -0.3 is 15.5 Å². The maximum atomic E-state index is 12.0. The summed E-state index contributed by atoms with van der Waals surface area (Å²) >= 11 is 0. The molecule has 2 N–H and O–H groups in total. The van der Waals surface area contributed by atoms with Gasteiger partial charge >= 0.3 is 0 Å². The standard InChI is InChI=1S/C17H23N3O3/c1-12(2)16(22)18-9-10-19-17(23)13-5-7-14(8-6-13)20-11-3-4-15(20)21/h5-8,12H,3-4,9-11H2,1-2H3,(H,18,22)(H,19,23). The predicted molar refractivity (Wildman–Crippen MR) is 88.2 cm³/mol. The number of benzene rings is 1. The smallest absolute Gasteiger partial charge is 0.251 e. The van der Waals surface area contributed by atoms with Gasteiger partial charge in [0.05, 0.1) is 0 Å². The second-order valence-electron chi connectivity index (χ2n) is 5.90. The zero-order chi connectivity index (χ0) is 16.8. The van der Waals surface area contributed by atoms with Crippen LogP contribution in [0.5, 0.6) is 0 Å². The fourth-order valence-corrected chi connectivity index (χ4v) is 2.38. The molecule has 0 aliphatic carbocycles. The van der Waals surface area contributed by atoms with Gasteiger partial charge in [0.25, 0.3) is 5.91 Å². The summed E-state index contributed by atoms with van der Waals surface area (Å²) in [5, 5.41) is 5.50. The average Bonchev–Trinajstić information content (AvgIpc) is 2.97. The highest BCUT2D eigenvalue weighted by Gasteiger charge is 2.21. The molecule has 0 unspecified atom stereocenters. The minimum absolute atomic E-state index is 0.0288. The number of hydrogen-bond acceptors (Lipinski definition) is 3. The van der Waals surface area contributed by atoms with Gasteiger partial charge in [-0.05, 0) is 30.7 Å². The number of amides is 3. The Labute approximate surface area is 136 Å². The van der Waals surface area contributed by atoms with Gasteiger partial charge in [-0.15, -0.1) is 0 Å². The highest BCUT2D eigenvalue weighted by Crippen LogP contribution is 2.21. The Kier molecular flexibility index (Phi) is 5.73. The summed E-state index contributed by atoms with van der Waals surface area (Å²) in [5.41, 5.74) is 1.36. The molecule has 1 aromatic rings. The summed E-state index contributed by atoms with van der Waals surface area (Å²) in [4.78, 5) is 36.8. The van der Waals surface area contributed by atoms with E-state index in [9.17, 15) is 14.4 Å². The Morgan fingerprint density at radius 2 is 1.78 bits per heavy atom. The Hall–Kier alpha value is -2.37. The van der Waals surface area contributed by atoms with Crippen LogP contribution in [0.3, 0.4) is 0 Å². The molecule has 0 saturated carbocycles. The van der Waals surface area contributed by atoms with Crippen LogP contribution in [0.15, 0.2) is 24.3 Å². The fraction of sp³-hybridized carbons (Fsp3) is 0.471. The fourth-order valence-electron chi connectivity index (χ4n) is 2.38. The van der Waals surface area contributed by atoms with Crippen molar-refractivity contribution >= 4 is 23.4 Å². The minimum atomic E-state index is -0.192. The molecule has 0 spiro atoms. The lowest BCUT2D eigenvalue weighted by molar-refractivity contribution is -0.124. The minimum Gasteiger partial charge on any atom is -0.354 e. The molecule has 0 aromatic heterocycles. The Morgan fingerprint density at radius 3 is 2.35 bits per heavy atom. The van der Waals surface area contributed by atoms with Crippen LogP contribution < -0.4 is 15.5 Å². The van der Waals surface area contributed by atoms with Gasteiger partial charge in [0, 0.05) is 43.2 Å². The van der Waals surface area contributed by atoms with Crippen LogP contribution in [0, 0.1) is 5.92 Å². The number of anilines is 1. The van der Waals surface area contributed by atoms with Crippen LogP contribution >= 0.6 is 0 Å². The van der Waals surface area contributed by atoms with Crippen LogP contribution in [0.25, 0.3) is 0 Å². The first-order chi connectivity index (χ1) is 11.0. The van der Waals surface area contributed by atoms with Crippen molar-refractivity contribution in [1.29, 1.82) is 0 Å². The topological polar surface area (TPSA) is 78.5 Å². The zero-order valence-electron chi connectivity index (χ0n) is 13.6. The summed E-state index contributed by atoms with van der Waals surface area (Å²) in [6, 6.07) is 7.00. The maximum Gasteiger partial charge on any atom is 0.251 e. The van der Waals surface area contributed by atoms with E-state index < -0.39 is 0 Å². The molecular weight excluding hydrogens is 294 g/mol. The molecule has 0 radical (unpaired) electrons. The molecule has 1 aliphatic rings. The van der Waals surface area contributed by atoms with Crippen molar-refractivity contribution in [3.63, 3.8) is 0 Å². The van der Waals surface area contributed by atoms with E-state index in [4.69, 9.17) is 0 Å². The SMILES string of the molecule is CC(C)C(=O)NCCNC(=O)c1ccc(N2CCCC2=O)cc1. The van der Waals surface area contributed by atoms with Crippen molar-refractivity contribution in [2.24, 2.45) is 5.92 Å². The van der Waals surface area contributed by atoms with E-state index in [1.165, 1.54) is 0 Å². The molecule has 2 rings (SSSR count). The number of nitrogens with zero attached hydrogens (tertiary/aromatic N) is 1. The second-order valence-corrected chi connectivity index (χ2v) is 5.90. The molecule has 124 valence electrons. The number of rotatable bonds is 6. The number of carbonyl (C=O) groups is 3. The molecule has 1 fully saturated rings. The van der Waals surface area contributed by atoms with Crippen molar-refractivity contribution in [1.82, 2.24) is 10.6 Å². The molecule has 6 heteroatoms. The molecule has 1 aromatic carbocycles. The van der Waals surface area contributed by atoms with E-state index in [1.54, 1.807) is 29.2 Å². The van der Waals surface area contributed by atoms with Gasteiger partial charge in [-0.3, -0.25) is 14.4 Å². The molecule has 3 amide bonds. The maximum absolute atomic E-state index is 12.0. The van der Waals surface area contributed by atoms with Gasteiger partial charge in [0.1, 0.15) is 0 Å². The highest BCUT2D eigenvalue weighted by molar-refractivity contribution is 5.97. The molecular formula is C17H23N3O3. The van der Waals surface area contributed by atoms with Gasteiger partial charge in [-0.25, -0.2) is 0 Å². The monoisotopic (exact) mass is 317 g/mol. The normalized spacial score (nSPS) is 14.2. The van der Waals surface area contributed by atoms with Crippen molar-refractivity contribution in [3.8, 4) is 0 Å². The van der Waals surface area contributed by atoms with Crippen LogP contribution in [0.4, 0.5) is 5.69 Å². The van der Waals surface area contributed by atoms with E-state index in [1.807, 2.05) is 13.8 Å². The molecule has 0 atom stereocenters. The molecule has 0 bridgehead atoms. The van der Waals surface area contributed by atoms with E-state index in [0.29, 0.717) is 25.1 Å². The number of hydrogen-bond donors (Lipinski definition) is 2. The first-order valence-electron chi connectivity index (χ1n) is 7.95. The third-order valence-electron chi connectivity index (χ3n) is 3.75. The summed E-state index contributed by atoms with van der Waals surface area (Å²) < 4.78 is 0. The third-order valence-corrected chi connectivity index (χ3v) is 3.75. The van der Waals surface area contributed by atoms with E-state index in [-0.39, 0.29) is 23.6 Å². The Morgan fingerprint density at radius 1 is 1.13 bits per heavy atom. The Balaban J connectivity index is 1.81. The van der Waals surface area contributed by atoms with E-state index in [2.05, 4.69) is 10.6 Å². The van der Waals surface area contributed by atoms with Crippen molar-refractivity contribution in [2.45, 2.75) is 26.7 Å². The molecule has 1 saturated heterocycles. The van der Waals surface area contributed by atoms with Crippen LogP contribution in [-0.4, -0.2) is 37.4 Å². The predicted octanol–water partition coefficient (Wildman–Crippen LogP) is 1.32. The van der Waals surface area contributed by atoms with Crippen LogP contribution in [-0.2, 0) is 9.59 Å². The highest BCUT2D eigenvalue weighted by atomic mass is 16.2.